The highest BCUT2D eigenvalue weighted by molar-refractivity contribution is 5.69. The first-order valence-electron chi connectivity index (χ1n) is 6.23. The second kappa shape index (κ2) is 6.58. The summed E-state index contributed by atoms with van der Waals surface area (Å²) in [5, 5.41) is 9.41. The molecule has 0 amide bonds. The van der Waals surface area contributed by atoms with Gasteiger partial charge in [0.1, 0.15) is 0 Å². The Labute approximate surface area is 114 Å². The average Bonchev–Trinajstić information content (AvgIpc) is 2.46. The summed E-state index contributed by atoms with van der Waals surface area (Å²) in [6, 6.07) is 17.9. The summed E-state index contributed by atoms with van der Waals surface area (Å²) in [4.78, 5) is 0. The van der Waals surface area contributed by atoms with E-state index in [0.717, 1.165) is 16.7 Å². The maximum atomic E-state index is 9.41. The lowest BCUT2D eigenvalue weighted by Gasteiger charge is -2.02. The van der Waals surface area contributed by atoms with E-state index in [4.69, 9.17) is 0 Å². The molecule has 1 nitrogen and oxygen atoms in total. The Balaban J connectivity index is 2.21. The fourth-order valence-electron chi connectivity index (χ4n) is 1.72. The molecular formula is C18H16O. The first-order chi connectivity index (χ1) is 9.29. The molecule has 0 spiro atoms. The molecule has 0 heterocycles. The van der Waals surface area contributed by atoms with E-state index < -0.39 is 0 Å². The lowest BCUT2D eigenvalue weighted by atomic mass is 10.0. The Morgan fingerprint density at radius 1 is 1.05 bits per heavy atom. The summed E-state index contributed by atoms with van der Waals surface area (Å²) < 4.78 is 0. The molecule has 0 saturated heterocycles. The van der Waals surface area contributed by atoms with Crippen molar-refractivity contribution in [2.75, 3.05) is 6.61 Å². The largest absolute Gasteiger partial charge is 0.392 e. The Morgan fingerprint density at radius 2 is 1.74 bits per heavy atom. The average molecular weight is 248 g/mol. The summed E-state index contributed by atoms with van der Waals surface area (Å²) in [6.45, 7) is 2.04. The van der Waals surface area contributed by atoms with Crippen molar-refractivity contribution in [3.05, 3.63) is 77.4 Å². The van der Waals surface area contributed by atoms with Gasteiger partial charge in [-0.05, 0) is 36.3 Å². The fourth-order valence-corrected chi connectivity index (χ4v) is 1.72. The van der Waals surface area contributed by atoms with E-state index in [1.807, 2.05) is 61.5 Å². The topological polar surface area (TPSA) is 20.2 Å². The number of hydrogen-bond donors (Lipinski definition) is 1. The molecule has 94 valence electrons. The minimum absolute atomic E-state index is 0.00741. The van der Waals surface area contributed by atoms with Crippen molar-refractivity contribution < 1.29 is 5.11 Å². The number of hydrogen-bond acceptors (Lipinski definition) is 1. The zero-order valence-corrected chi connectivity index (χ0v) is 10.9. The molecular weight excluding hydrogens is 232 g/mol. The lowest BCUT2D eigenvalue weighted by Crippen LogP contribution is -1.90. The number of aliphatic hydroxyl groups is 1. The monoisotopic (exact) mass is 248 g/mol. The molecule has 0 fully saturated rings. The van der Waals surface area contributed by atoms with Gasteiger partial charge in [0.15, 0.2) is 0 Å². The molecule has 0 aliphatic heterocycles. The third-order valence-electron chi connectivity index (χ3n) is 2.83. The molecule has 0 aliphatic carbocycles. The van der Waals surface area contributed by atoms with E-state index in [9.17, 15) is 5.11 Å². The van der Waals surface area contributed by atoms with E-state index in [-0.39, 0.29) is 6.61 Å². The second-order valence-electron chi connectivity index (χ2n) is 4.33. The first kappa shape index (κ1) is 13.1. The molecule has 2 rings (SSSR count). The van der Waals surface area contributed by atoms with Gasteiger partial charge in [-0.3, -0.25) is 0 Å². The Morgan fingerprint density at radius 3 is 2.37 bits per heavy atom. The molecule has 0 saturated carbocycles. The molecule has 2 aromatic carbocycles. The predicted molar refractivity (Wildman–Crippen MR) is 79.6 cm³/mol. The molecule has 0 aromatic heterocycles. The first-order valence-corrected chi connectivity index (χ1v) is 6.23. The minimum Gasteiger partial charge on any atom is -0.392 e. The number of allylic oxidation sites excluding steroid dienone is 1. The standard InChI is InChI=1S/C18H16O/c1-15-10-12-17(13-11-15)18(14-19)9-5-8-16-6-3-2-4-7-16/h2-4,6-7,9-13,19H,14H2,1H3/b18-9+. The number of aryl methyl sites for hydroxylation is 1. The molecule has 0 radical (unpaired) electrons. The summed E-state index contributed by atoms with van der Waals surface area (Å²) >= 11 is 0. The highest BCUT2D eigenvalue weighted by Gasteiger charge is 1.98. The molecule has 0 bridgehead atoms. The van der Waals surface area contributed by atoms with Crippen LogP contribution in [0.5, 0.6) is 0 Å². The Hall–Kier alpha value is -2.30. The van der Waals surface area contributed by atoms with Crippen molar-refractivity contribution in [1.82, 2.24) is 0 Å². The van der Waals surface area contributed by atoms with Gasteiger partial charge in [0.25, 0.3) is 0 Å². The van der Waals surface area contributed by atoms with Crippen LogP contribution in [-0.2, 0) is 0 Å². The van der Waals surface area contributed by atoms with Crippen LogP contribution >= 0.6 is 0 Å². The van der Waals surface area contributed by atoms with Crippen LogP contribution in [0, 0.1) is 18.8 Å². The van der Waals surface area contributed by atoms with Gasteiger partial charge >= 0.3 is 0 Å². The van der Waals surface area contributed by atoms with Crippen molar-refractivity contribution in [2.24, 2.45) is 0 Å². The van der Waals surface area contributed by atoms with Gasteiger partial charge < -0.3 is 5.11 Å². The van der Waals surface area contributed by atoms with Gasteiger partial charge in [-0.15, -0.1) is 0 Å². The summed E-state index contributed by atoms with van der Waals surface area (Å²) in [5.41, 5.74) is 4.02. The smallest absolute Gasteiger partial charge is 0.0693 e. The zero-order valence-electron chi connectivity index (χ0n) is 10.9. The molecule has 19 heavy (non-hydrogen) atoms. The zero-order chi connectivity index (χ0) is 13.5. The molecule has 0 aliphatic rings. The van der Waals surface area contributed by atoms with E-state index in [2.05, 4.69) is 11.8 Å². The van der Waals surface area contributed by atoms with Crippen LogP contribution in [0.2, 0.25) is 0 Å². The number of aliphatic hydroxyl groups excluding tert-OH is 1. The van der Waals surface area contributed by atoms with Gasteiger partial charge in [-0.25, -0.2) is 0 Å². The highest BCUT2D eigenvalue weighted by Crippen LogP contribution is 2.14. The van der Waals surface area contributed by atoms with Gasteiger partial charge in [0.05, 0.1) is 6.61 Å². The van der Waals surface area contributed by atoms with E-state index >= 15 is 0 Å². The van der Waals surface area contributed by atoms with E-state index in [0.29, 0.717) is 0 Å². The van der Waals surface area contributed by atoms with Crippen molar-refractivity contribution in [2.45, 2.75) is 6.92 Å². The normalized spacial score (nSPS) is 10.7. The summed E-state index contributed by atoms with van der Waals surface area (Å²) in [7, 11) is 0. The van der Waals surface area contributed by atoms with Crippen LogP contribution in [0.3, 0.4) is 0 Å². The van der Waals surface area contributed by atoms with Gasteiger partial charge in [-0.1, -0.05) is 59.9 Å². The van der Waals surface area contributed by atoms with Crippen molar-refractivity contribution in [1.29, 1.82) is 0 Å². The van der Waals surface area contributed by atoms with Crippen LogP contribution in [-0.4, -0.2) is 11.7 Å². The van der Waals surface area contributed by atoms with Crippen molar-refractivity contribution >= 4 is 5.57 Å². The van der Waals surface area contributed by atoms with Crippen LogP contribution < -0.4 is 0 Å². The molecule has 0 atom stereocenters. The summed E-state index contributed by atoms with van der Waals surface area (Å²) in [6.07, 6.45) is 1.78. The van der Waals surface area contributed by atoms with Crippen LogP contribution in [0.15, 0.2) is 60.7 Å². The lowest BCUT2D eigenvalue weighted by molar-refractivity contribution is 0.350. The van der Waals surface area contributed by atoms with Crippen molar-refractivity contribution in [3.63, 3.8) is 0 Å². The van der Waals surface area contributed by atoms with E-state index in [1.54, 1.807) is 6.08 Å². The fraction of sp³-hybridized carbons (Fsp3) is 0.111. The predicted octanol–water partition coefficient (Wildman–Crippen LogP) is 3.42. The third-order valence-corrected chi connectivity index (χ3v) is 2.83. The van der Waals surface area contributed by atoms with Crippen LogP contribution in [0.4, 0.5) is 0 Å². The summed E-state index contributed by atoms with van der Waals surface area (Å²) in [5.74, 6) is 6.05. The molecule has 1 heteroatoms. The Bertz CT molecular complexity index is 610. The quantitative estimate of drug-likeness (QED) is 0.807. The number of rotatable bonds is 2. The van der Waals surface area contributed by atoms with E-state index in [1.165, 1.54) is 5.56 Å². The van der Waals surface area contributed by atoms with Crippen molar-refractivity contribution in [3.8, 4) is 11.8 Å². The highest BCUT2D eigenvalue weighted by atomic mass is 16.3. The SMILES string of the molecule is Cc1ccc(/C(=C/C#Cc2ccccc2)CO)cc1. The third kappa shape index (κ3) is 3.84. The molecule has 1 N–H and O–H groups in total. The maximum Gasteiger partial charge on any atom is 0.0693 e. The number of benzene rings is 2. The minimum atomic E-state index is -0.00741. The van der Waals surface area contributed by atoms with Gasteiger partial charge in [0, 0.05) is 5.56 Å². The van der Waals surface area contributed by atoms with Crippen LogP contribution in [0.1, 0.15) is 16.7 Å². The molecule has 0 unspecified atom stereocenters. The van der Waals surface area contributed by atoms with Gasteiger partial charge in [-0.2, -0.15) is 0 Å². The second-order valence-corrected chi connectivity index (χ2v) is 4.33. The van der Waals surface area contributed by atoms with Crippen LogP contribution in [0.25, 0.3) is 5.57 Å². The molecule has 2 aromatic rings. The Kier molecular flexibility index (Phi) is 4.55. The van der Waals surface area contributed by atoms with Gasteiger partial charge in [0.2, 0.25) is 0 Å². The maximum absolute atomic E-state index is 9.41.